The lowest BCUT2D eigenvalue weighted by molar-refractivity contribution is -0.147. The molecule has 0 aromatic rings. The second kappa shape index (κ2) is 4.67. The molecule has 1 saturated heterocycles. The van der Waals surface area contributed by atoms with E-state index >= 15 is 0 Å². The Kier molecular flexibility index (Phi) is 3.82. The van der Waals surface area contributed by atoms with Crippen LogP contribution < -0.4 is 0 Å². The van der Waals surface area contributed by atoms with Crippen LogP contribution in [0, 0.1) is 0 Å². The molecule has 0 aromatic heterocycles. The van der Waals surface area contributed by atoms with Crippen LogP contribution in [-0.4, -0.2) is 43.0 Å². The minimum absolute atomic E-state index is 0.0354. The fourth-order valence-corrected chi connectivity index (χ4v) is 1.38. The zero-order valence-electron chi connectivity index (χ0n) is 7.25. The van der Waals surface area contributed by atoms with E-state index < -0.39 is 0 Å². The van der Waals surface area contributed by atoms with Crippen molar-refractivity contribution >= 4 is 17.6 Å². The van der Waals surface area contributed by atoms with E-state index in [1.165, 1.54) is 0 Å². The lowest BCUT2D eigenvalue weighted by atomic mass is 10.1. The fraction of sp³-hybridized carbons (Fsp3) is 0.875. The third-order valence-electron chi connectivity index (χ3n) is 2.07. The molecule has 0 unspecified atom stereocenters. The summed E-state index contributed by atoms with van der Waals surface area (Å²) in [5.41, 5.74) is 0. The highest BCUT2D eigenvalue weighted by molar-refractivity contribution is 6.26. The van der Waals surface area contributed by atoms with Crippen molar-refractivity contribution in [3.8, 4) is 0 Å². The first-order chi connectivity index (χ1) is 5.72. The van der Waals surface area contributed by atoms with Crippen molar-refractivity contribution < 1.29 is 9.53 Å². The average Bonchev–Trinajstić information content (AvgIpc) is 2.09. The summed E-state index contributed by atoms with van der Waals surface area (Å²) in [5.74, 6) is -0.335. The molecule has 0 aromatic carbocycles. The predicted molar refractivity (Wildman–Crippen MR) is 47.3 cm³/mol. The molecule has 1 rings (SSSR count). The Labute approximate surface area is 77.6 Å². The van der Waals surface area contributed by atoms with Crippen molar-refractivity contribution in [3.05, 3.63) is 0 Å². The summed E-state index contributed by atoms with van der Waals surface area (Å²) in [4.78, 5) is 13.0. The molecule has 0 spiro atoms. The van der Waals surface area contributed by atoms with Crippen molar-refractivity contribution in [2.45, 2.75) is 18.9 Å². The molecule has 1 fully saturated rings. The van der Waals surface area contributed by atoms with Crippen LogP contribution in [0.2, 0.25) is 0 Å². The highest BCUT2D eigenvalue weighted by Gasteiger charge is 2.19. The van der Waals surface area contributed by atoms with Gasteiger partial charge in [-0.1, -0.05) is 0 Å². The summed E-state index contributed by atoms with van der Waals surface area (Å²) >= 11 is 5.31. The van der Waals surface area contributed by atoms with Gasteiger partial charge in [0.05, 0.1) is 0 Å². The van der Waals surface area contributed by atoms with Crippen LogP contribution in [0.1, 0.15) is 12.8 Å². The lowest BCUT2D eigenvalue weighted by Crippen LogP contribution is -2.35. The van der Waals surface area contributed by atoms with Crippen LogP contribution in [0.15, 0.2) is 0 Å². The second-order valence-electron chi connectivity index (χ2n) is 3.13. The van der Waals surface area contributed by atoms with Crippen LogP contribution in [0.3, 0.4) is 0 Å². The van der Waals surface area contributed by atoms with Crippen LogP contribution in [0.5, 0.6) is 0 Å². The molecule has 3 nitrogen and oxygen atoms in total. The third kappa shape index (κ3) is 2.99. The van der Waals surface area contributed by atoms with Crippen molar-refractivity contribution in [2.24, 2.45) is 0 Å². The number of carbonyl (C=O) groups excluding carboxylic acids is 1. The zero-order chi connectivity index (χ0) is 8.97. The Bertz CT molecular complexity index is 155. The first kappa shape index (κ1) is 9.81. The summed E-state index contributed by atoms with van der Waals surface area (Å²) < 4.78 is 5.09. The molecule has 0 amide bonds. The van der Waals surface area contributed by atoms with E-state index in [1.807, 2.05) is 0 Å². The number of rotatable bonds is 2. The largest absolute Gasteiger partial charge is 0.461 e. The van der Waals surface area contributed by atoms with E-state index in [4.69, 9.17) is 16.3 Å². The number of piperidine rings is 1. The predicted octanol–water partition coefficient (Wildman–Crippen LogP) is 0.863. The topological polar surface area (TPSA) is 29.5 Å². The SMILES string of the molecule is CN1CCC(OC(=O)CCl)CC1. The number of carbonyl (C=O) groups is 1. The molecule has 1 heterocycles. The number of likely N-dealkylation sites (tertiary alicyclic amines) is 1. The maximum absolute atomic E-state index is 10.8. The molecule has 0 N–H and O–H groups in total. The molecular formula is C8H14ClNO2. The summed E-state index contributed by atoms with van der Waals surface area (Å²) in [6.45, 7) is 2.00. The fourth-order valence-electron chi connectivity index (χ4n) is 1.32. The van der Waals surface area contributed by atoms with Crippen molar-refractivity contribution in [1.29, 1.82) is 0 Å². The zero-order valence-corrected chi connectivity index (χ0v) is 8.01. The van der Waals surface area contributed by atoms with Crippen LogP contribution in [0.4, 0.5) is 0 Å². The lowest BCUT2D eigenvalue weighted by Gasteiger charge is -2.28. The van der Waals surface area contributed by atoms with Gasteiger partial charge < -0.3 is 9.64 Å². The van der Waals surface area contributed by atoms with Gasteiger partial charge in [-0.2, -0.15) is 0 Å². The number of hydrogen-bond donors (Lipinski definition) is 0. The summed E-state index contributed by atoms with van der Waals surface area (Å²) in [5, 5.41) is 0. The number of alkyl halides is 1. The molecule has 0 bridgehead atoms. The molecule has 0 radical (unpaired) electrons. The number of nitrogens with zero attached hydrogens (tertiary/aromatic N) is 1. The van der Waals surface area contributed by atoms with Gasteiger partial charge in [-0.15, -0.1) is 11.6 Å². The van der Waals surface area contributed by atoms with Gasteiger partial charge in [0, 0.05) is 13.1 Å². The van der Waals surface area contributed by atoms with Crippen LogP contribution in [0.25, 0.3) is 0 Å². The molecule has 0 saturated carbocycles. The average molecular weight is 192 g/mol. The Morgan fingerprint density at radius 1 is 1.58 bits per heavy atom. The van der Waals surface area contributed by atoms with Gasteiger partial charge in [-0.3, -0.25) is 4.79 Å². The standard InChI is InChI=1S/C8H14ClNO2/c1-10-4-2-7(3-5-10)12-8(11)6-9/h7H,2-6H2,1H3. The Hall–Kier alpha value is -0.280. The molecule has 1 aliphatic heterocycles. The van der Waals surface area contributed by atoms with E-state index in [2.05, 4.69) is 11.9 Å². The van der Waals surface area contributed by atoms with Gasteiger partial charge in [0.1, 0.15) is 12.0 Å². The maximum Gasteiger partial charge on any atom is 0.321 e. The quantitative estimate of drug-likeness (QED) is 0.479. The molecule has 0 aliphatic carbocycles. The monoisotopic (exact) mass is 191 g/mol. The maximum atomic E-state index is 10.8. The molecule has 0 atom stereocenters. The van der Waals surface area contributed by atoms with Crippen LogP contribution in [-0.2, 0) is 9.53 Å². The Morgan fingerprint density at radius 3 is 2.67 bits per heavy atom. The number of esters is 1. The number of hydrogen-bond acceptors (Lipinski definition) is 3. The molecule has 70 valence electrons. The van der Waals surface area contributed by atoms with E-state index in [0.717, 1.165) is 25.9 Å². The van der Waals surface area contributed by atoms with E-state index in [-0.39, 0.29) is 18.0 Å². The van der Waals surface area contributed by atoms with E-state index in [0.29, 0.717) is 0 Å². The van der Waals surface area contributed by atoms with Crippen molar-refractivity contribution in [1.82, 2.24) is 4.90 Å². The highest BCUT2D eigenvalue weighted by Crippen LogP contribution is 2.12. The smallest absolute Gasteiger partial charge is 0.321 e. The second-order valence-corrected chi connectivity index (χ2v) is 3.39. The summed E-state index contributed by atoms with van der Waals surface area (Å²) in [6.07, 6.45) is 1.95. The first-order valence-corrected chi connectivity index (χ1v) is 4.70. The minimum Gasteiger partial charge on any atom is -0.461 e. The van der Waals surface area contributed by atoms with Crippen LogP contribution >= 0.6 is 11.6 Å². The van der Waals surface area contributed by atoms with E-state index in [1.54, 1.807) is 0 Å². The summed E-state index contributed by atoms with van der Waals surface area (Å²) in [6, 6.07) is 0. The van der Waals surface area contributed by atoms with Crippen molar-refractivity contribution in [3.63, 3.8) is 0 Å². The van der Waals surface area contributed by atoms with Gasteiger partial charge in [-0.25, -0.2) is 0 Å². The minimum atomic E-state index is -0.300. The number of ether oxygens (including phenoxy) is 1. The van der Waals surface area contributed by atoms with Gasteiger partial charge in [-0.05, 0) is 19.9 Å². The van der Waals surface area contributed by atoms with Crippen molar-refractivity contribution in [2.75, 3.05) is 26.0 Å². The molecular weight excluding hydrogens is 178 g/mol. The molecule has 12 heavy (non-hydrogen) atoms. The number of halogens is 1. The normalized spacial score (nSPS) is 20.8. The van der Waals surface area contributed by atoms with Gasteiger partial charge in [0.2, 0.25) is 0 Å². The molecule has 1 aliphatic rings. The van der Waals surface area contributed by atoms with Gasteiger partial charge in [0.15, 0.2) is 0 Å². The summed E-state index contributed by atoms with van der Waals surface area (Å²) in [7, 11) is 2.07. The Morgan fingerprint density at radius 2 is 2.17 bits per heavy atom. The van der Waals surface area contributed by atoms with E-state index in [9.17, 15) is 4.79 Å². The highest BCUT2D eigenvalue weighted by atomic mass is 35.5. The van der Waals surface area contributed by atoms with Gasteiger partial charge in [0.25, 0.3) is 0 Å². The first-order valence-electron chi connectivity index (χ1n) is 4.16. The molecule has 4 heteroatoms. The Balaban J connectivity index is 2.21. The van der Waals surface area contributed by atoms with Gasteiger partial charge >= 0.3 is 5.97 Å². The third-order valence-corrected chi connectivity index (χ3v) is 2.29.